The van der Waals surface area contributed by atoms with Gasteiger partial charge in [0, 0.05) is 29.4 Å². The molecule has 4 nitrogen and oxygen atoms in total. The fourth-order valence-corrected chi connectivity index (χ4v) is 2.52. The van der Waals surface area contributed by atoms with Crippen molar-refractivity contribution in [3.05, 3.63) is 52.3 Å². The van der Waals surface area contributed by atoms with Gasteiger partial charge in [0.25, 0.3) is 0 Å². The van der Waals surface area contributed by atoms with Crippen LogP contribution in [0.5, 0.6) is 0 Å². The summed E-state index contributed by atoms with van der Waals surface area (Å²) in [5.41, 5.74) is 3.14. The average Bonchev–Trinajstić information content (AvgIpc) is 2.74. The molecule has 0 fully saturated rings. The van der Waals surface area contributed by atoms with Gasteiger partial charge in [0.2, 0.25) is 0 Å². The van der Waals surface area contributed by atoms with Gasteiger partial charge in [-0.15, -0.1) is 0 Å². The van der Waals surface area contributed by atoms with Crippen LogP contribution < -0.4 is 5.32 Å². The molecule has 0 bridgehead atoms. The Morgan fingerprint density at radius 3 is 2.73 bits per heavy atom. The van der Waals surface area contributed by atoms with Crippen molar-refractivity contribution < 1.29 is 13.9 Å². The van der Waals surface area contributed by atoms with Crippen LogP contribution in [0.25, 0.3) is 0 Å². The van der Waals surface area contributed by atoms with Crippen LogP contribution in [-0.4, -0.2) is 21.5 Å². The second-order valence-corrected chi connectivity index (χ2v) is 5.34. The maximum absolute atomic E-state index is 13.8. The molecule has 2 aromatic rings. The highest BCUT2D eigenvalue weighted by Crippen LogP contribution is 2.20. The molecule has 1 aromatic heterocycles. The van der Waals surface area contributed by atoms with E-state index in [4.69, 9.17) is 5.11 Å². The Hall–Kier alpha value is -1.79. The summed E-state index contributed by atoms with van der Waals surface area (Å²) in [7, 11) is 0. The normalized spacial score (nSPS) is 12.6. The number of halogens is 2. The summed E-state index contributed by atoms with van der Waals surface area (Å²) >= 11 is 0. The molecule has 22 heavy (non-hydrogen) atoms. The number of nitrogens with one attached hydrogen (secondary N) is 1. The highest BCUT2D eigenvalue weighted by atomic mass is 19.2. The van der Waals surface area contributed by atoms with Crippen molar-refractivity contribution in [2.75, 3.05) is 6.61 Å². The van der Waals surface area contributed by atoms with E-state index < -0.39 is 11.6 Å². The summed E-state index contributed by atoms with van der Waals surface area (Å²) in [5.74, 6) is -1.65. The number of nitrogens with zero attached hydrogens (tertiary/aromatic N) is 2. The van der Waals surface area contributed by atoms with E-state index in [9.17, 15) is 8.78 Å². The first kappa shape index (κ1) is 16.6. The van der Waals surface area contributed by atoms with Gasteiger partial charge in [0.05, 0.1) is 18.8 Å². The van der Waals surface area contributed by atoms with Gasteiger partial charge < -0.3 is 10.4 Å². The molecule has 0 saturated carbocycles. The van der Waals surface area contributed by atoms with Gasteiger partial charge in [-0.25, -0.2) is 8.78 Å². The largest absolute Gasteiger partial charge is 0.394 e. The van der Waals surface area contributed by atoms with Gasteiger partial charge in [0.1, 0.15) is 0 Å². The molecule has 0 aliphatic rings. The van der Waals surface area contributed by atoms with Crippen molar-refractivity contribution in [2.24, 2.45) is 0 Å². The lowest BCUT2D eigenvalue weighted by Gasteiger charge is -2.15. The molecule has 0 spiro atoms. The van der Waals surface area contributed by atoms with E-state index in [-0.39, 0.29) is 12.6 Å². The highest BCUT2D eigenvalue weighted by Gasteiger charge is 2.16. The minimum atomic E-state index is -0.839. The van der Waals surface area contributed by atoms with Crippen molar-refractivity contribution in [1.29, 1.82) is 0 Å². The van der Waals surface area contributed by atoms with Crippen LogP contribution in [0, 0.1) is 25.5 Å². The van der Waals surface area contributed by atoms with Crippen molar-refractivity contribution in [3.8, 4) is 0 Å². The molecule has 0 aliphatic carbocycles. The number of hydrogen-bond donors (Lipinski definition) is 2. The number of aliphatic hydroxyl groups is 1. The predicted octanol–water partition coefficient (Wildman–Crippen LogP) is 2.62. The number of aliphatic hydroxyl groups excluding tert-OH is 1. The Morgan fingerprint density at radius 1 is 1.32 bits per heavy atom. The molecule has 2 rings (SSSR count). The second kappa shape index (κ2) is 6.98. The molecule has 0 radical (unpaired) electrons. The van der Waals surface area contributed by atoms with Gasteiger partial charge in [-0.1, -0.05) is 12.1 Å². The zero-order chi connectivity index (χ0) is 16.3. The first-order valence-electron chi connectivity index (χ1n) is 7.26. The summed E-state index contributed by atoms with van der Waals surface area (Å²) < 4.78 is 28.8. The van der Waals surface area contributed by atoms with Crippen LogP contribution in [0.4, 0.5) is 8.78 Å². The summed E-state index contributed by atoms with van der Waals surface area (Å²) in [4.78, 5) is 0. The van der Waals surface area contributed by atoms with Gasteiger partial charge in [-0.05, 0) is 26.8 Å². The predicted molar refractivity (Wildman–Crippen MR) is 80.4 cm³/mol. The molecule has 120 valence electrons. The summed E-state index contributed by atoms with van der Waals surface area (Å²) in [6.45, 7) is 6.59. The number of rotatable bonds is 6. The van der Waals surface area contributed by atoms with E-state index >= 15 is 0 Å². The summed E-state index contributed by atoms with van der Waals surface area (Å²) in [6, 6.07) is 3.86. The third kappa shape index (κ3) is 3.34. The second-order valence-electron chi connectivity index (χ2n) is 5.34. The zero-order valence-electron chi connectivity index (χ0n) is 13.0. The maximum atomic E-state index is 13.8. The zero-order valence-corrected chi connectivity index (χ0v) is 13.0. The molecule has 0 saturated heterocycles. The fraction of sp³-hybridized carbons (Fsp3) is 0.438. The van der Waals surface area contributed by atoms with Gasteiger partial charge >= 0.3 is 0 Å². The highest BCUT2D eigenvalue weighted by molar-refractivity contribution is 5.26. The van der Waals surface area contributed by atoms with Gasteiger partial charge in [0.15, 0.2) is 11.6 Å². The van der Waals surface area contributed by atoms with Gasteiger partial charge in [-0.2, -0.15) is 5.10 Å². The van der Waals surface area contributed by atoms with E-state index in [2.05, 4.69) is 10.4 Å². The van der Waals surface area contributed by atoms with Crippen molar-refractivity contribution in [2.45, 2.75) is 39.9 Å². The first-order valence-corrected chi connectivity index (χ1v) is 7.26. The molecule has 1 aromatic carbocycles. The van der Waals surface area contributed by atoms with E-state index in [0.717, 1.165) is 23.0 Å². The third-order valence-electron chi connectivity index (χ3n) is 3.88. The number of aryl methyl sites for hydroxylation is 1. The average molecular weight is 309 g/mol. The molecule has 0 aliphatic heterocycles. The topological polar surface area (TPSA) is 50.1 Å². The Labute approximate surface area is 128 Å². The van der Waals surface area contributed by atoms with Crippen molar-refractivity contribution >= 4 is 0 Å². The number of hydrogen-bond acceptors (Lipinski definition) is 3. The Balaban J connectivity index is 2.11. The summed E-state index contributed by atoms with van der Waals surface area (Å²) in [5, 5.41) is 16.6. The van der Waals surface area contributed by atoms with Gasteiger partial charge in [-0.3, -0.25) is 4.68 Å². The Morgan fingerprint density at radius 2 is 2.05 bits per heavy atom. The van der Waals surface area contributed by atoms with Crippen molar-refractivity contribution in [1.82, 2.24) is 15.1 Å². The molecule has 1 heterocycles. The molecular formula is C16H21F2N3O. The van der Waals surface area contributed by atoms with Crippen LogP contribution in [0.15, 0.2) is 18.2 Å². The van der Waals surface area contributed by atoms with E-state index in [1.54, 1.807) is 17.7 Å². The van der Waals surface area contributed by atoms with E-state index in [0.29, 0.717) is 18.7 Å². The molecule has 1 atom stereocenters. The lowest BCUT2D eigenvalue weighted by molar-refractivity contribution is 0.267. The molecule has 2 N–H and O–H groups in total. The lowest BCUT2D eigenvalue weighted by Crippen LogP contribution is -2.20. The quantitative estimate of drug-likeness (QED) is 0.862. The first-order chi connectivity index (χ1) is 10.5. The smallest absolute Gasteiger partial charge is 0.163 e. The minimum Gasteiger partial charge on any atom is -0.394 e. The van der Waals surface area contributed by atoms with Crippen LogP contribution >= 0.6 is 0 Å². The molecule has 0 amide bonds. The number of aromatic nitrogens is 2. The minimum absolute atomic E-state index is 0.0275. The van der Waals surface area contributed by atoms with Crippen LogP contribution in [0.3, 0.4) is 0 Å². The Bertz CT molecular complexity index is 655. The monoisotopic (exact) mass is 309 g/mol. The fourth-order valence-electron chi connectivity index (χ4n) is 2.52. The SMILES string of the molecule is Cc1nn(CCO)c(C)c1CNC(C)c1cccc(F)c1F. The number of benzene rings is 1. The molecular weight excluding hydrogens is 288 g/mol. The van der Waals surface area contributed by atoms with E-state index in [1.165, 1.54) is 6.07 Å². The van der Waals surface area contributed by atoms with Crippen LogP contribution in [-0.2, 0) is 13.1 Å². The van der Waals surface area contributed by atoms with Crippen molar-refractivity contribution in [3.63, 3.8) is 0 Å². The van der Waals surface area contributed by atoms with Crippen LogP contribution in [0.1, 0.15) is 35.5 Å². The van der Waals surface area contributed by atoms with E-state index in [1.807, 2.05) is 13.8 Å². The summed E-state index contributed by atoms with van der Waals surface area (Å²) in [6.07, 6.45) is 0. The van der Waals surface area contributed by atoms with Crippen LogP contribution in [0.2, 0.25) is 0 Å². The lowest BCUT2D eigenvalue weighted by atomic mass is 10.1. The standard InChI is InChI=1S/C16H21F2N3O/c1-10(13-5-4-6-15(17)16(13)18)19-9-14-11(2)20-21(7-8-22)12(14)3/h4-6,10,19,22H,7-9H2,1-3H3. The maximum Gasteiger partial charge on any atom is 0.163 e. The third-order valence-corrected chi connectivity index (χ3v) is 3.88. The molecule has 6 heteroatoms. The Kier molecular flexibility index (Phi) is 5.26. The molecule has 1 unspecified atom stereocenters.